The molecule has 0 heterocycles. The van der Waals surface area contributed by atoms with Crippen LogP contribution in [0.5, 0.6) is 0 Å². The monoisotopic (exact) mass is 242 g/mol. The molecule has 0 radical (unpaired) electrons. The Morgan fingerprint density at radius 2 is 2.00 bits per heavy atom. The molecule has 1 saturated carbocycles. The molecular formula is C12H12F2O3. The first kappa shape index (κ1) is 12.0. The Labute approximate surface area is 96.7 Å². The van der Waals surface area contributed by atoms with Gasteiger partial charge in [-0.25, -0.2) is 8.78 Å². The molecule has 0 amide bonds. The third kappa shape index (κ3) is 1.80. The highest BCUT2D eigenvalue weighted by molar-refractivity contribution is 5.72. The summed E-state index contributed by atoms with van der Waals surface area (Å²) in [6.45, 7) is 1.47. The van der Waals surface area contributed by atoms with Gasteiger partial charge in [-0.15, -0.1) is 0 Å². The van der Waals surface area contributed by atoms with E-state index in [1.54, 1.807) is 0 Å². The lowest BCUT2D eigenvalue weighted by Gasteiger charge is -2.42. The molecule has 5 heteroatoms. The van der Waals surface area contributed by atoms with Crippen molar-refractivity contribution in [1.82, 2.24) is 0 Å². The van der Waals surface area contributed by atoms with E-state index in [2.05, 4.69) is 0 Å². The van der Waals surface area contributed by atoms with Gasteiger partial charge in [-0.05, 0) is 31.4 Å². The maximum absolute atomic E-state index is 13.8. The zero-order valence-corrected chi connectivity index (χ0v) is 9.20. The molecule has 0 spiro atoms. The van der Waals surface area contributed by atoms with Crippen LogP contribution >= 0.6 is 0 Å². The third-order valence-corrected chi connectivity index (χ3v) is 3.27. The smallest absolute Gasteiger partial charge is 0.306 e. The number of aliphatic hydroxyl groups is 1. The first-order valence-electron chi connectivity index (χ1n) is 5.25. The Morgan fingerprint density at radius 3 is 2.53 bits per heavy atom. The molecule has 1 aliphatic rings. The van der Waals surface area contributed by atoms with Gasteiger partial charge in [0.1, 0.15) is 11.6 Å². The van der Waals surface area contributed by atoms with E-state index in [0.717, 1.165) is 6.07 Å². The van der Waals surface area contributed by atoms with E-state index in [-0.39, 0.29) is 18.4 Å². The van der Waals surface area contributed by atoms with Crippen LogP contribution in [0.25, 0.3) is 0 Å². The molecule has 0 unspecified atom stereocenters. The summed E-state index contributed by atoms with van der Waals surface area (Å²) >= 11 is 0. The quantitative estimate of drug-likeness (QED) is 0.833. The molecule has 1 aromatic rings. The summed E-state index contributed by atoms with van der Waals surface area (Å²) < 4.78 is 27.3. The fourth-order valence-electron chi connectivity index (χ4n) is 2.22. The van der Waals surface area contributed by atoms with Crippen molar-refractivity contribution in [3.8, 4) is 0 Å². The summed E-state index contributed by atoms with van der Waals surface area (Å²) in [5.41, 5.74) is -1.87. The predicted octanol–water partition coefficient (Wildman–Crippen LogP) is 1.96. The Morgan fingerprint density at radius 1 is 1.41 bits per heavy atom. The van der Waals surface area contributed by atoms with Crippen LogP contribution in [0.2, 0.25) is 0 Å². The average molecular weight is 242 g/mol. The molecule has 0 bridgehead atoms. The van der Waals surface area contributed by atoms with Gasteiger partial charge in [-0.1, -0.05) is 6.07 Å². The lowest BCUT2D eigenvalue weighted by molar-refractivity contribution is -0.160. The number of carboxylic acids is 1. The van der Waals surface area contributed by atoms with Crippen molar-refractivity contribution >= 4 is 5.97 Å². The Kier molecular flexibility index (Phi) is 2.66. The SMILES string of the molecule is Cc1ccc(F)c(C2(O)CC(C(=O)O)C2)c1F. The van der Waals surface area contributed by atoms with Crippen molar-refractivity contribution in [1.29, 1.82) is 0 Å². The van der Waals surface area contributed by atoms with Gasteiger partial charge in [-0.2, -0.15) is 0 Å². The molecule has 1 fully saturated rings. The van der Waals surface area contributed by atoms with E-state index in [9.17, 15) is 18.7 Å². The van der Waals surface area contributed by atoms with E-state index >= 15 is 0 Å². The molecule has 2 rings (SSSR count). The molecule has 1 aliphatic carbocycles. The van der Waals surface area contributed by atoms with Crippen LogP contribution in [-0.4, -0.2) is 16.2 Å². The van der Waals surface area contributed by atoms with Gasteiger partial charge in [0.2, 0.25) is 0 Å². The van der Waals surface area contributed by atoms with Crippen molar-refractivity contribution in [3.05, 3.63) is 34.9 Å². The number of rotatable bonds is 2. The average Bonchev–Trinajstić information content (AvgIpc) is 2.20. The van der Waals surface area contributed by atoms with Crippen molar-refractivity contribution in [3.63, 3.8) is 0 Å². The minimum Gasteiger partial charge on any atom is -0.481 e. The number of hydrogen-bond donors (Lipinski definition) is 2. The van der Waals surface area contributed by atoms with Crippen molar-refractivity contribution in [2.24, 2.45) is 5.92 Å². The molecule has 0 saturated heterocycles. The van der Waals surface area contributed by atoms with Crippen LogP contribution in [0, 0.1) is 24.5 Å². The third-order valence-electron chi connectivity index (χ3n) is 3.27. The summed E-state index contributed by atoms with van der Waals surface area (Å²) in [5.74, 6) is -3.42. The number of hydrogen-bond acceptors (Lipinski definition) is 2. The summed E-state index contributed by atoms with van der Waals surface area (Å²) in [6, 6.07) is 2.37. The second-order valence-corrected chi connectivity index (χ2v) is 4.53. The minimum atomic E-state index is -1.69. The molecule has 0 aromatic heterocycles. The molecule has 0 aliphatic heterocycles. The molecule has 0 atom stereocenters. The Balaban J connectivity index is 2.36. The van der Waals surface area contributed by atoms with Gasteiger partial charge in [0.15, 0.2) is 0 Å². The van der Waals surface area contributed by atoms with Crippen molar-refractivity contribution < 1.29 is 23.8 Å². The van der Waals surface area contributed by atoms with Crippen LogP contribution < -0.4 is 0 Å². The maximum Gasteiger partial charge on any atom is 0.306 e. The lowest BCUT2D eigenvalue weighted by atomic mass is 9.67. The molecule has 17 heavy (non-hydrogen) atoms. The van der Waals surface area contributed by atoms with Gasteiger partial charge in [0.25, 0.3) is 0 Å². The largest absolute Gasteiger partial charge is 0.481 e. The van der Waals surface area contributed by atoms with Crippen molar-refractivity contribution in [2.45, 2.75) is 25.4 Å². The maximum atomic E-state index is 13.8. The van der Waals surface area contributed by atoms with Crippen LogP contribution in [0.3, 0.4) is 0 Å². The first-order valence-corrected chi connectivity index (χ1v) is 5.25. The summed E-state index contributed by atoms with van der Waals surface area (Å²) in [7, 11) is 0. The predicted molar refractivity (Wildman–Crippen MR) is 55.4 cm³/mol. The summed E-state index contributed by atoms with van der Waals surface area (Å²) in [6.07, 6.45) is -0.306. The highest BCUT2D eigenvalue weighted by Gasteiger charge is 2.50. The number of halogens is 2. The highest BCUT2D eigenvalue weighted by atomic mass is 19.1. The minimum absolute atomic E-state index is 0.153. The molecule has 1 aromatic carbocycles. The fraction of sp³-hybridized carbons (Fsp3) is 0.417. The lowest BCUT2D eigenvalue weighted by Crippen LogP contribution is -2.45. The second-order valence-electron chi connectivity index (χ2n) is 4.53. The fourth-order valence-corrected chi connectivity index (χ4v) is 2.22. The van der Waals surface area contributed by atoms with Crippen LogP contribution in [0.15, 0.2) is 12.1 Å². The van der Waals surface area contributed by atoms with Crippen LogP contribution in [-0.2, 0) is 10.4 Å². The number of carboxylic acid groups (broad SMARTS) is 1. The number of aryl methyl sites for hydroxylation is 1. The summed E-state index contributed by atoms with van der Waals surface area (Å²) in [5, 5.41) is 18.8. The van der Waals surface area contributed by atoms with E-state index in [4.69, 9.17) is 5.11 Å². The molecule has 3 nitrogen and oxygen atoms in total. The Bertz CT molecular complexity index is 479. The molecule has 2 N–H and O–H groups in total. The second kappa shape index (κ2) is 3.77. The molecule has 92 valence electrons. The van der Waals surface area contributed by atoms with Crippen LogP contribution in [0.1, 0.15) is 24.0 Å². The van der Waals surface area contributed by atoms with Gasteiger partial charge in [-0.3, -0.25) is 4.79 Å². The molecular weight excluding hydrogens is 230 g/mol. The van der Waals surface area contributed by atoms with Gasteiger partial charge >= 0.3 is 5.97 Å². The zero-order chi connectivity index (χ0) is 12.8. The van der Waals surface area contributed by atoms with E-state index < -0.39 is 34.7 Å². The van der Waals surface area contributed by atoms with Gasteiger partial charge in [0, 0.05) is 0 Å². The van der Waals surface area contributed by atoms with Gasteiger partial charge < -0.3 is 10.2 Å². The van der Waals surface area contributed by atoms with E-state index in [0.29, 0.717) is 0 Å². The zero-order valence-electron chi connectivity index (χ0n) is 9.20. The number of carbonyl (C=O) groups is 1. The van der Waals surface area contributed by atoms with E-state index in [1.807, 2.05) is 0 Å². The normalized spacial score (nSPS) is 27.6. The Hall–Kier alpha value is -1.49. The standard InChI is InChI=1S/C12H12F2O3/c1-6-2-3-8(13)9(10(6)14)12(17)4-7(5-12)11(15)16/h2-3,7,17H,4-5H2,1H3,(H,15,16). The van der Waals surface area contributed by atoms with E-state index in [1.165, 1.54) is 13.0 Å². The number of benzene rings is 1. The summed E-state index contributed by atoms with van der Waals surface area (Å²) in [4.78, 5) is 10.6. The first-order chi connectivity index (χ1) is 7.85. The highest BCUT2D eigenvalue weighted by Crippen LogP contribution is 2.47. The van der Waals surface area contributed by atoms with Crippen LogP contribution in [0.4, 0.5) is 8.78 Å². The topological polar surface area (TPSA) is 57.5 Å². The van der Waals surface area contributed by atoms with Crippen molar-refractivity contribution in [2.75, 3.05) is 0 Å². The number of aliphatic carboxylic acids is 1. The van der Waals surface area contributed by atoms with Gasteiger partial charge in [0.05, 0.1) is 17.1 Å².